The third-order valence-corrected chi connectivity index (χ3v) is 7.58. The van der Waals surface area contributed by atoms with E-state index in [2.05, 4.69) is 13.8 Å². The first-order valence-electron chi connectivity index (χ1n) is 16.8. The van der Waals surface area contributed by atoms with Crippen molar-refractivity contribution in [1.29, 1.82) is 0 Å². The standard InChI is InChI=1S/C34H64O5/c1-5-7-9-11-13-15-17-19-21-23-25-27-33(36)39-29-31(34(37)30(3)4)28-38-32(35)26-24-22-20-18-16-14-12-10-8-6-2/h30-31H,5-29H2,1-4H3. The van der Waals surface area contributed by atoms with Crippen molar-refractivity contribution < 1.29 is 23.9 Å². The molecule has 0 aliphatic rings. The summed E-state index contributed by atoms with van der Waals surface area (Å²) in [4.78, 5) is 37.0. The lowest BCUT2D eigenvalue weighted by atomic mass is 9.96. The Labute approximate surface area is 241 Å². The second kappa shape index (κ2) is 28.1. The Hall–Kier alpha value is -1.39. The van der Waals surface area contributed by atoms with Crippen LogP contribution in [0.2, 0.25) is 0 Å². The molecule has 230 valence electrons. The van der Waals surface area contributed by atoms with Crippen LogP contribution in [0, 0.1) is 11.8 Å². The van der Waals surface area contributed by atoms with Crippen molar-refractivity contribution in [3.63, 3.8) is 0 Å². The van der Waals surface area contributed by atoms with E-state index in [0.29, 0.717) is 12.8 Å². The molecular weight excluding hydrogens is 488 g/mol. The summed E-state index contributed by atoms with van der Waals surface area (Å²) in [7, 11) is 0. The van der Waals surface area contributed by atoms with Gasteiger partial charge in [-0.15, -0.1) is 0 Å². The van der Waals surface area contributed by atoms with Gasteiger partial charge >= 0.3 is 11.9 Å². The number of rotatable bonds is 29. The molecule has 0 saturated heterocycles. The SMILES string of the molecule is CCCCCCCCCCCCCC(=O)OCC(COC(=O)CCCCCCCCCCCC)C(=O)C(C)C. The maximum atomic E-state index is 12.6. The van der Waals surface area contributed by atoms with Crippen molar-refractivity contribution in [1.82, 2.24) is 0 Å². The summed E-state index contributed by atoms with van der Waals surface area (Å²) in [6.45, 7) is 8.14. The summed E-state index contributed by atoms with van der Waals surface area (Å²) < 4.78 is 10.8. The predicted molar refractivity (Wildman–Crippen MR) is 163 cm³/mol. The molecule has 5 heteroatoms. The number of hydrogen-bond donors (Lipinski definition) is 0. The van der Waals surface area contributed by atoms with Crippen LogP contribution in [-0.2, 0) is 23.9 Å². The van der Waals surface area contributed by atoms with Crippen LogP contribution in [0.3, 0.4) is 0 Å². The van der Waals surface area contributed by atoms with Gasteiger partial charge in [0.15, 0.2) is 0 Å². The van der Waals surface area contributed by atoms with E-state index in [1.807, 2.05) is 13.8 Å². The lowest BCUT2D eigenvalue weighted by molar-refractivity contribution is -0.151. The smallest absolute Gasteiger partial charge is 0.305 e. The van der Waals surface area contributed by atoms with Crippen LogP contribution >= 0.6 is 0 Å². The van der Waals surface area contributed by atoms with Crippen molar-refractivity contribution in [2.45, 2.75) is 175 Å². The van der Waals surface area contributed by atoms with Gasteiger partial charge in [-0.3, -0.25) is 14.4 Å². The molecule has 0 aromatic heterocycles. The summed E-state index contributed by atoms with van der Waals surface area (Å²) in [5.74, 6) is -1.32. The maximum Gasteiger partial charge on any atom is 0.305 e. The van der Waals surface area contributed by atoms with Gasteiger partial charge in [-0.2, -0.15) is 0 Å². The molecule has 0 spiro atoms. The van der Waals surface area contributed by atoms with Gasteiger partial charge in [0.05, 0.1) is 5.92 Å². The number of unbranched alkanes of at least 4 members (excludes halogenated alkanes) is 19. The van der Waals surface area contributed by atoms with E-state index in [1.165, 1.54) is 96.3 Å². The average Bonchev–Trinajstić information content (AvgIpc) is 2.92. The highest BCUT2D eigenvalue weighted by molar-refractivity contribution is 5.83. The molecule has 0 aromatic rings. The van der Waals surface area contributed by atoms with E-state index in [9.17, 15) is 14.4 Å². The zero-order chi connectivity index (χ0) is 29.0. The van der Waals surface area contributed by atoms with Crippen molar-refractivity contribution in [3.05, 3.63) is 0 Å². The summed E-state index contributed by atoms with van der Waals surface area (Å²) in [6.07, 6.45) is 26.5. The Bertz CT molecular complexity index is 586. The number of ketones is 1. The van der Waals surface area contributed by atoms with Gasteiger partial charge in [-0.25, -0.2) is 0 Å². The fourth-order valence-corrected chi connectivity index (χ4v) is 4.91. The van der Waals surface area contributed by atoms with Crippen molar-refractivity contribution in [2.24, 2.45) is 11.8 Å². The van der Waals surface area contributed by atoms with Crippen LogP contribution in [0.15, 0.2) is 0 Å². The summed E-state index contributed by atoms with van der Waals surface area (Å²) in [5.41, 5.74) is 0. The molecule has 1 atom stereocenters. The first-order valence-corrected chi connectivity index (χ1v) is 16.8. The second-order valence-electron chi connectivity index (χ2n) is 11.8. The van der Waals surface area contributed by atoms with Crippen LogP contribution < -0.4 is 0 Å². The van der Waals surface area contributed by atoms with Gasteiger partial charge in [-0.05, 0) is 12.8 Å². The quantitative estimate of drug-likeness (QED) is 0.0682. The van der Waals surface area contributed by atoms with Crippen molar-refractivity contribution >= 4 is 17.7 Å². The molecule has 0 N–H and O–H groups in total. The third kappa shape index (κ3) is 25.3. The van der Waals surface area contributed by atoms with E-state index in [1.54, 1.807) is 0 Å². The van der Waals surface area contributed by atoms with E-state index in [0.717, 1.165) is 38.5 Å². The van der Waals surface area contributed by atoms with Crippen LogP contribution in [-0.4, -0.2) is 30.9 Å². The van der Waals surface area contributed by atoms with E-state index in [-0.39, 0.29) is 36.9 Å². The molecule has 0 rings (SSSR count). The Morgan fingerprint density at radius 2 is 0.744 bits per heavy atom. The molecule has 0 fully saturated rings. The summed E-state index contributed by atoms with van der Waals surface area (Å²) in [5, 5.41) is 0. The van der Waals surface area contributed by atoms with Gasteiger partial charge in [0.2, 0.25) is 0 Å². The topological polar surface area (TPSA) is 69.7 Å². The fourth-order valence-electron chi connectivity index (χ4n) is 4.91. The Balaban J connectivity index is 3.95. The Morgan fingerprint density at radius 1 is 0.462 bits per heavy atom. The predicted octanol–water partition coefficient (Wildman–Crippen LogP) is 9.93. The van der Waals surface area contributed by atoms with Gasteiger partial charge in [0.1, 0.15) is 19.0 Å². The number of carbonyl (C=O) groups excluding carboxylic acids is 3. The molecule has 5 nitrogen and oxygen atoms in total. The molecule has 0 saturated carbocycles. The second-order valence-corrected chi connectivity index (χ2v) is 11.8. The van der Waals surface area contributed by atoms with Crippen molar-refractivity contribution in [3.8, 4) is 0 Å². The van der Waals surface area contributed by atoms with Crippen molar-refractivity contribution in [2.75, 3.05) is 13.2 Å². The van der Waals surface area contributed by atoms with Gasteiger partial charge < -0.3 is 9.47 Å². The number of esters is 2. The van der Waals surface area contributed by atoms with E-state index in [4.69, 9.17) is 9.47 Å². The van der Waals surface area contributed by atoms with Gasteiger partial charge in [0, 0.05) is 18.8 Å². The van der Waals surface area contributed by atoms with Crippen LogP contribution in [0.5, 0.6) is 0 Å². The first kappa shape index (κ1) is 37.6. The number of hydrogen-bond acceptors (Lipinski definition) is 5. The molecule has 0 radical (unpaired) electrons. The molecule has 0 aliphatic heterocycles. The Kier molecular flexibility index (Phi) is 27.1. The van der Waals surface area contributed by atoms with Crippen LogP contribution in [0.4, 0.5) is 0 Å². The molecule has 0 bridgehead atoms. The zero-order valence-electron chi connectivity index (χ0n) is 26.4. The first-order chi connectivity index (χ1) is 18.9. The van der Waals surface area contributed by atoms with Gasteiger partial charge in [0.25, 0.3) is 0 Å². The fraction of sp³-hybridized carbons (Fsp3) is 0.912. The van der Waals surface area contributed by atoms with E-state index < -0.39 is 5.92 Å². The molecule has 0 aliphatic carbocycles. The number of ether oxygens (including phenoxy) is 2. The number of carbonyl (C=O) groups is 3. The highest BCUT2D eigenvalue weighted by atomic mass is 16.5. The Morgan fingerprint density at radius 3 is 1.03 bits per heavy atom. The summed E-state index contributed by atoms with van der Waals surface area (Å²) >= 11 is 0. The lowest BCUT2D eigenvalue weighted by Crippen LogP contribution is -2.30. The van der Waals surface area contributed by atoms with Gasteiger partial charge in [-0.1, -0.05) is 150 Å². The normalized spacial score (nSPS) is 12.0. The molecule has 1 unspecified atom stereocenters. The summed E-state index contributed by atoms with van der Waals surface area (Å²) in [6, 6.07) is 0. The maximum absolute atomic E-state index is 12.6. The minimum Gasteiger partial charge on any atom is -0.465 e. The molecule has 0 amide bonds. The lowest BCUT2D eigenvalue weighted by Gasteiger charge is -2.18. The molecule has 39 heavy (non-hydrogen) atoms. The van der Waals surface area contributed by atoms with E-state index >= 15 is 0 Å². The van der Waals surface area contributed by atoms with Crippen LogP contribution in [0.1, 0.15) is 175 Å². The molecule has 0 aromatic carbocycles. The minimum atomic E-state index is -0.581. The largest absolute Gasteiger partial charge is 0.465 e. The molecule has 0 heterocycles. The average molecular weight is 553 g/mol. The third-order valence-electron chi connectivity index (χ3n) is 7.58. The van der Waals surface area contributed by atoms with Crippen LogP contribution in [0.25, 0.3) is 0 Å². The highest BCUT2D eigenvalue weighted by Gasteiger charge is 2.24. The minimum absolute atomic E-state index is 0.000581. The highest BCUT2D eigenvalue weighted by Crippen LogP contribution is 2.15. The molecular formula is C34H64O5. The zero-order valence-corrected chi connectivity index (χ0v) is 26.4. The number of Topliss-reactive ketones (excluding diaryl/α,β-unsaturated/α-hetero) is 1. The monoisotopic (exact) mass is 552 g/mol.